The van der Waals surface area contributed by atoms with E-state index < -0.39 is 0 Å². The molecule has 1 saturated carbocycles. The van der Waals surface area contributed by atoms with Gasteiger partial charge in [0.1, 0.15) is 0 Å². The molecular formula is C14H27N3O2. The van der Waals surface area contributed by atoms with Crippen molar-refractivity contribution in [2.75, 3.05) is 13.1 Å². The molecule has 0 saturated heterocycles. The average molecular weight is 269 g/mol. The Morgan fingerprint density at radius 1 is 1.21 bits per heavy atom. The maximum Gasteiger partial charge on any atom is 0.220 e. The first kappa shape index (κ1) is 16.0. The molecule has 2 atom stereocenters. The zero-order valence-electron chi connectivity index (χ0n) is 11.9. The van der Waals surface area contributed by atoms with E-state index in [2.05, 4.69) is 10.6 Å². The molecule has 0 aromatic rings. The predicted octanol–water partition coefficient (Wildman–Crippen LogP) is 0.927. The highest BCUT2D eigenvalue weighted by Gasteiger charge is 2.26. The second-order valence-corrected chi connectivity index (χ2v) is 5.39. The molecule has 0 spiro atoms. The van der Waals surface area contributed by atoms with Crippen molar-refractivity contribution in [2.24, 2.45) is 11.7 Å². The van der Waals surface area contributed by atoms with Crippen LogP contribution in [-0.2, 0) is 9.59 Å². The van der Waals surface area contributed by atoms with Gasteiger partial charge < -0.3 is 16.4 Å². The Labute approximate surface area is 115 Å². The molecule has 2 unspecified atom stereocenters. The third-order valence-electron chi connectivity index (χ3n) is 3.76. The fourth-order valence-electron chi connectivity index (χ4n) is 2.64. The lowest BCUT2D eigenvalue weighted by Crippen LogP contribution is -2.39. The van der Waals surface area contributed by atoms with E-state index in [1.807, 2.05) is 0 Å². The van der Waals surface area contributed by atoms with Gasteiger partial charge in [-0.3, -0.25) is 9.59 Å². The van der Waals surface area contributed by atoms with Crippen LogP contribution in [0.3, 0.4) is 0 Å². The third kappa shape index (κ3) is 6.57. The van der Waals surface area contributed by atoms with Crippen molar-refractivity contribution >= 4 is 11.8 Å². The number of carbonyl (C=O) groups is 2. The fourth-order valence-corrected chi connectivity index (χ4v) is 2.64. The molecule has 1 rings (SSSR count). The Hall–Kier alpha value is -1.10. The topological polar surface area (TPSA) is 84.2 Å². The first-order valence-corrected chi connectivity index (χ1v) is 7.37. The van der Waals surface area contributed by atoms with Crippen molar-refractivity contribution in [1.82, 2.24) is 10.6 Å². The van der Waals surface area contributed by atoms with E-state index in [1.165, 1.54) is 13.3 Å². The van der Waals surface area contributed by atoms with Crippen LogP contribution in [0.1, 0.15) is 51.9 Å². The predicted molar refractivity (Wildman–Crippen MR) is 75.5 cm³/mol. The molecule has 1 aliphatic rings. The second-order valence-electron chi connectivity index (χ2n) is 5.39. The molecule has 19 heavy (non-hydrogen) atoms. The SMILES string of the molecule is CC(=O)NCCCCCC(=O)NC1CCCC1CN. The summed E-state index contributed by atoms with van der Waals surface area (Å²) in [4.78, 5) is 22.4. The minimum atomic E-state index is 0.00630. The standard InChI is InChI=1S/C14H27N3O2/c1-11(18)16-9-4-2-3-8-14(19)17-13-7-5-6-12(13)10-15/h12-13H,2-10,15H2,1H3,(H,16,18)(H,17,19). The molecule has 1 fully saturated rings. The summed E-state index contributed by atoms with van der Waals surface area (Å²) in [7, 11) is 0. The Balaban J connectivity index is 2.03. The Morgan fingerprint density at radius 3 is 2.68 bits per heavy atom. The summed E-state index contributed by atoms with van der Waals surface area (Å²) in [5.74, 6) is 0.611. The van der Waals surface area contributed by atoms with Gasteiger partial charge in [-0.2, -0.15) is 0 Å². The largest absolute Gasteiger partial charge is 0.356 e. The van der Waals surface area contributed by atoms with Crippen LogP contribution in [0.25, 0.3) is 0 Å². The summed E-state index contributed by atoms with van der Waals surface area (Å²) in [6.07, 6.45) is 6.73. The Morgan fingerprint density at radius 2 is 2.00 bits per heavy atom. The number of carbonyl (C=O) groups excluding carboxylic acids is 2. The molecule has 5 heteroatoms. The van der Waals surface area contributed by atoms with Crippen LogP contribution >= 0.6 is 0 Å². The lowest BCUT2D eigenvalue weighted by Gasteiger charge is -2.19. The van der Waals surface area contributed by atoms with Gasteiger partial charge in [-0.25, -0.2) is 0 Å². The van der Waals surface area contributed by atoms with Crippen molar-refractivity contribution < 1.29 is 9.59 Å². The highest BCUT2D eigenvalue weighted by molar-refractivity contribution is 5.76. The molecule has 4 N–H and O–H groups in total. The summed E-state index contributed by atoms with van der Waals surface area (Å²) in [6.45, 7) is 2.89. The highest BCUT2D eigenvalue weighted by atomic mass is 16.2. The number of amides is 2. The van der Waals surface area contributed by atoms with E-state index in [0.29, 0.717) is 25.4 Å². The van der Waals surface area contributed by atoms with Gasteiger partial charge in [0.15, 0.2) is 0 Å². The normalized spacial score (nSPS) is 22.2. The summed E-state index contributed by atoms with van der Waals surface area (Å²) in [5, 5.41) is 5.85. The number of unbranched alkanes of at least 4 members (excludes halogenated alkanes) is 2. The van der Waals surface area contributed by atoms with E-state index in [1.54, 1.807) is 0 Å². The molecular weight excluding hydrogens is 242 g/mol. The van der Waals surface area contributed by atoms with Gasteiger partial charge in [0.2, 0.25) is 11.8 Å². The van der Waals surface area contributed by atoms with Gasteiger partial charge in [0, 0.05) is 25.9 Å². The number of hydrogen-bond acceptors (Lipinski definition) is 3. The molecule has 0 aromatic carbocycles. The summed E-state index contributed by atoms with van der Waals surface area (Å²) in [5.41, 5.74) is 5.69. The van der Waals surface area contributed by atoms with E-state index in [9.17, 15) is 9.59 Å². The first-order valence-electron chi connectivity index (χ1n) is 7.37. The minimum absolute atomic E-state index is 0.00630. The molecule has 2 amide bonds. The zero-order chi connectivity index (χ0) is 14.1. The van der Waals surface area contributed by atoms with Gasteiger partial charge in [-0.1, -0.05) is 12.8 Å². The van der Waals surface area contributed by atoms with E-state index >= 15 is 0 Å². The van der Waals surface area contributed by atoms with Crippen LogP contribution in [-0.4, -0.2) is 30.9 Å². The van der Waals surface area contributed by atoms with Crippen molar-refractivity contribution in [2.45, 2.75) is 57.9 Å². The van der Waals surface area contributed by atoms with Gasteiger partial charge >= 0.3 is 0 Å². The molecule has 5 nitrogen and oxygen atoms in total. The fraction of sp³-hybridized carbons (Fsp3) is 0.857. The number of hydrogen-bond donors (Lipinski definition) is 3. The summed E-state index contributed by atoms with van der Waals surface area (Å²) in [6, 6.07) is 0.289. The lowest BCUT2D eigenvalue weighted by molar-refractivity contribution is -0.122. The van der Waals surface area contributed by atoms with Crippen molar-refractivity contribution in [3.05, 3.63) is 0 Å². The summed E-state index contributed by atoms with van der Waals surface area (Å²) < 4.78 is 0. The average Bonchev–Trinajstić information content (AvgIpc) is 2.80. The van der Waals surface area contributed by atoms with Gasteiger partial charge in [0.05, 0.1) is 0 Å². The molecule has 1 aliphatic carbocycles. The van der Waals surface area contributed by atoms with E-state index in [0.717, 1.165) is 32.1 Å². The van der Waals surface area contributed by atoms with Crippen LogP contribution in [0.15, 0.2) is 0 Å². The summed E-state index contributed by atoms with van der Waals surface area (Å²) >= 11 is 0. The molecule has 0 radical (unpaired) electrons. The van der Waals surface area contributed by atoms with Crippen molar-refractivity contribution in [1.29, 1.82) is 0 Å². The molecule has 0 bridgehead atoms. The molecule has 0 aliphatic heterocycles. The lowest BCUT2D eigenvalue weighted by atomic mass is 10.0. The van der Waals surface area contributed by atoms with Gasteiger partial charge in [-0.15, -0.1) is 0 Å². The maximum atomic E-state index is 11.8. The second kappa shape index (κ2) is 8.91. The zero-order valence-corrected chi connectivity index (χ0v) is 11.9. The first-order chi connectivity index (χ1) is 9.13. The van der Waals surface area contributed by atoms with Gasteiger partial charge in [-0.05, 0) is 38.1 Å². The van der Waals surface area contributed by atoms with Crippen LogP contribution in [0, 0.1) is 5.92 Å². The van der Waals surface area contributed by atoms with Crippen LogP contribution in [0.5, 0.6) is 0 Å². The van der Waals surface area contributed by atoms with Crippen LogP contribution in [0.4, 0.5) is 0 Å². The Bertz CT molecular complexity index is 294. The minimum Gasteiger partial charge on any atom is -0.356 e. The maximum absolute atomic E-state index is 11.8. The quantitative estimate of drug-likeness (QED) is 0.573. The Kier molecular flexibility index (Phi) is 7.48. The van der Waals surface area contributed by atoms with Crippen molar-refractivity contribution in [3.63, 3.8) is 0 Å². The number of nitrogens with one attached hydrogen (secondary N) is 2. The van der Waals surface area contributed by atoms with Crippen LogP contribution < -0.4 is 16.4 Å². The number of rotatable bonds is 8. The monoisotopic (exact) mass is 269 g/mol. The number of nitrogens with two attached hydrogens (primary N) is 1. The van der Waals surface area contributed by atoms with Crippen LogP contribution in [0.2, 0.25) is 0 Å². The van der Waals surface area contributed by atoms with E-state index in [-0.39, 0.29) is 17.9 Å². The van der Waals surface area contributed by atoms with Crippen molar-refractivity contribution in [3.8, 4) is 0 Å². The van der Waals surface area contributed by atoms with Gasteiger partial charge in [0.25, 0.3) is 0 Å². The molecule has 110 valence electrons. The molecule has 0 aromatic heterocycles. The smallest absolute Gasteiger partial charge is 0.220 e. The highest BCUT2D eigenvalue weighted by Crippen LogP contribution is 2.24. The molecule has 0 heterocycles. The van der Waals surface area contributed by atoms with E-state index in [4.69, 9.17) is 5.73 Å². The third-order valence-corrected chi connectivity index (χ3v) is 3.76.